The van der Waals surface area contributed by atoms with Crippen LogP contribution in [0.1, 0.15) is 19.8 Å². The van der Waals surface area contributed by atoms with Crippen LogP contribution in [0.4, 0.5) is 5.69 Å². The minimum Gasteiger partial charge on any atom is -0.380 e. The largest absolute Gasteiger partial charge is 0.380 e. The molecule has 17 heavy (non-hydrogen) atoms. The number of primary amides is 1. The van der Waals surface area contributed by atoms with Crippen LogP contribution in [0.2, 0.25) is 0 Å². The van der Waals surface area contributed by atoms with E-state index >= 15 is 0 Å². The molecule has 1 heterocycles. The average molecular weight is 238 g/mol. The van der Waals surface area contributed by atoms with Crippen molar-refractivity contribution in [3.63, 3.8) is 0 Å². The number of hydrogen-bond donors (Lipinski definition) is 2. The van der Waals surface area contributed by atoms with E-state index in [2.05, 4.69) is 10.4 Å². The molecule has 1 aliphatic carbocycles. The zero-order chi connectivity index (χ0) is 12.3. The fourth-order valence-corrected chi connectivity index (χ4v) is 1.98. The van der Waals surface area contributed by atoms with Gasteiger partial charge in [0.1, 0.15) is 6.54 Å². The van der Waals surface area contributed by atoms with Crippen molar-refractivity contribution in [2.45, 2.75) is 38.5 Å². The van der Waals surface area contributed by atoms with Crippen molar-refractivity contribution in [1.29, 1.82) is 0 Å². The summed E-state index contributed by atoms with van der Waals surface area (Å²) in [5, 5.41) is 7.39. The van der Waals surface area contributed by atoms with Gasteiger partial charge in [0, 0.05) is 18.8 Å². The van der Waals surface area contributed by atoms with E-state index in [9.17, 15) is 4.79 Å². The second-order valence-corrected chi connectivity index (χ2v) is 4.28. The molecule has 1 amide bonds. The van der Waals surface area contributed by atoms with Gasteiger partial charge in [-0.25, -0.2) is 0 Å². The second kappa shape index (κ2) is 5.18. The number of nitrogens with zero attached hydrogens (tertiary/aromatic N) is 2. The van der Waals surface area contributed by atoms with Gasteiger partial charge in [0.2, 0.25) is 5.91 Å². The molecule has 0 atom stereocenters. The molecule has 6 nitrogen and oxygen atoms in total. The number of anilines is 1. The summed E-state index contributed by atoms with van der Waals surface area (Å²) < 4.78 is 7.01. The van der Waals surface area contributed by atoms with Crippen LogP contribution in [0.25, 0.3) is 0 Å². The summed E-state index contributed by atoms with van der Waals surface area (Å²) in [6, 6.07) is 0.442. The standard InChI is InChI=1S/C11H18N4O2/c1-2-17-10-3-8(4-10)14-9-5-13-15(6-9)7-11(12)16/h5-6,8,10,14H,2-4,7H2,1H3,(H2,12,16). The molecular formula is C11H18N4O2. The maximum atomic E-state index is 10.7. The molecule has 0 aliphatic heterocycles. The highest BCUT2D eigenvalue weighted by Crippen LogP contribution is 2.26. The number of nitrogens with one attached hydrogen (secondary N) is 1. The first-order valence-electron chi connectivity index (χ1n) is 5.86. The van der Waals surface area contributed by atoms with E-state index in [0.717, 1.165) is 25.1 Å². The third kappa shape index (κ3) is 3.20. The zero-order valence-corrected chi connectivity index (χ0v) is 9.93. The Morgan fingerprint density at radius 3 is 3.12 bits per heavy atom. The van der Waals surface area contributed by atoms with Crippen LogP contribution >= 0.6 is 0 Å². The van der Waals surface area contributed by atoms with Gasteiger partial charge in [0.25, 0.3) is 0 Å². The second-order valence-electron chi connectivity index (χ2n) is 4.28. The summed E-state index contributed by atoms with van der Waals surface area (Å²) in [5.41, 5.74) is 6.01. The van der Waals surface area contributed by atoms with Crippen LogP contribution in [-0.4, -0.2) is 34.4 Å². The summed E-state index contributed by atoms with van der Waals surface area (Å²) in [6.07, 6.45) is 5.93. The Balaban J connectivity index is 1.76. The number of aromatic nitrogens is 2. The Morgan fingerprint density at radius 2 is 2.47 bits per heavy atom. The first kappa shape index (κ1) is 11.9. The fraction of sp³-hybridized carbons (Fsp3) is 0.636. The molecule has 3 N–H and O–H groups in total. The lowest BCUT2D eigenvalue weighted by Crippen LogP contribution is -2.40. The smallest absolute Gasteiger partial charge is 0.239 e. The Labute approximate surface area is 100 Å². The number of ether oxygens (including phenoxy) is 1. The number of rotatable bonds is 6. The van der Waals surface area contributed by atoms with Crippen LogP contribution in [0.15, 0.2) is 12.4 Å². The van der Waals surface area contributed by atoms with Gasteiger partial charge in [-0.2, -0.15) is 5.10 Å². The third-order valence-corrected chi connectivity index (χ3v) is 2.82. The SMILES string of the molecule is CCOC1CC(Nc2cnn(CC(N)=O)c2)C1. The van der Waals surface area contributed by atoms with Crippen molar-refractivity contribution in [3.8, 4) is 0 Å². The molecule has 1 aliphatic rings. The highest BCUT2D eigenvalue weighted by molar-refractivity contribution is 5.73. The molecule has 6 heteroatoms. The Kier molecular flexibility index (Phi) is 3.63. The van der Waals surface area contributed by atoms with E-state index in [1.54, 1.807) is 12.4 Å². The minimum atomic E-state index is -0.389. The molecule has 1 saturated carbocycles. The molecule has 94 valence electrons. The first-order valence-corrected chi connectivity index (χ1v) is 5.86. The van der Waals surface area contributed by atoms with Crippen LogP contribution in [0.5, 0.6) is 0 Å². The van der Waals surface area contributed by atoms with E-state index < -0.39 is 0 Å². The van der Waals surface area contributed by atoms with Gasteiger partial charge in [-0.05, 0) is 19.8 Å². The predicted molar refractivity (Wildman–Crippen MR) is 63.5 cm³/mol. The molecule has 0 bridgehead atoms. The first-order chi connectivity index (χ1) is 8.17. The highest BCUT2D eigenvalue weighted by Gasteiger charge is 2.29. The summed E-state index contributed by atoms with van der Waals surface area (Å²) >= 11 is 0. The molecule has 1 aromatic heterocycles. The van der Waals surface area contributed by atoms with Gasteiger partial charge in [0.05, 0.1) is 18.0 Å². The van der Waals surface area contributed by atoms with E-state index in [4.69, 9.17) is 10.5 Å². The van der Waals surface area contributed by atoms with Crippen molar-refractivity contribution in [3.05, 3.63) is 12.4 Å². The minimum absolute atomic E-state index is 0.119. The summed E-state index contributed by atoms with van der Waals surface area (Å²) in [7, 11) is 0. The summed E-state index contributed by atoms with van der Waals surface area (Å²) in [5.74, 6) is -0.389. The highest BCUT2D eigenvalue weighted by atomic mass is 16.5. The van der Waals surface area contributed by atoms with Crippen molar-refractivity contribution in [2.24, 2.45) is 5.73 Å². The zero-order valence-electron chi connectivity index (χ0n) is 9.93. The third-order valence-electron chi connectivity index (χ3n) is 2.82. The van der Waals surface area contributed by atoms with Crippen molar-refractivity contribution < 1.29 is 9.53 Å². The Bertz CT molecular complexity index is 385. The number of carbonyl (C=O) groups excluding carboxylic acids is 1. The summed E-state index contributed by atoms with van der Waals surface area (Å²) in [6.45, 7) is 2.90. The fourth-order valence-electron chi connectivity index (χ4n) is 1.98. The van der Waals surface area contributed by atoms with E-state index in [1.807, 2.05) is 6.92 Å². The van der Waals surface area contributed by atoms with Crippen LogP contribution in [0, 0.1) is 0 Å². The van der Waals surface area contributed by atoms with Crippen molar-refractivity contribution in [2.75, 3.05) is 11.9 Å². The molecule has 2 rings (SSSR count). The Morgan fingerprint density at radius 1 is 1.71 bits per heavy atom. The van der Waals surface area contributed by atoms with Gasteiger partial charge in [-0.3, -0.25) is 9.48 Å². The van der Waals surface area contributed by atoms with Gasteiger partial charge >= 0.3 is 0 Å². The topological polar surface area (TPSA) is 82.2 Å². The molecule has 0 aromatic carbocycles. The molecule has 1 aromatic rings. The van der Waals surface area contributed by atoms with E-state index in [0.29, 0.717) is 12.1 Å². The lowest BCUT2D eigenvalue weighted by atomic mass is 9.89. The number of carbonyl (C=O) groups is 1. The van der Waals surface area contributed by atoms with Crippen LogP contribution < -0.4 is 11.1 Å². The maximum absolute atomic E-state index is 10.7. The van der Waals surface area contributed by atoms with Gasteiger partial charge < -0.3 is 15.8 Å². The van der Waals surface area contributed by atoms with Gasteiger partial charge in [0.15, 0.2) is 0 Å². The van der Waals surface area contributed by atoms with E-state index in [1.165, 1.54) is 4.68 Å². The molecular weight excluding hydrogens is 220 g/mol. The van der Waals surface area contributed by atoms with Gasteiger partial charge in [-0.1, -0.05) is 0 Å². The number of nitrogens with two attached hydrogens (primary N) is 1. The normalized spacial score (nSPS) is 23.1. The lowest BCUT2D eigenvalue weighted by Gasteiger charge is -2.35. The molecule has 1 fully saturated rings. The van der Waals surface area contributed by atoms with Gasteiger partial charge in [-0.15, -0.1) is 0 Å². The number of amides is 1. The number of hydrogen-bond acceptors (Lipinski definition) is 4. The van der Waals surface area contributed by atoms with Crippen LogP contribution in [-0.2, 0) is 16.1 Å². The summed E-state index contributed by atoms with van der Waals surface area (Å²) in [4.78, 5) is 10.7. The maximum Gasteiger partial charge on any atom is 0.239 e. The van der Waals surface area contributed by atoms with E-state index in [-0.39, 0.29) is 12.5 Å². The lowest BCUT2D eigenvalue weighted by molar-refractivity contribution is -0.118. The van der Waals surface area contributed by atoms with Crippen LogP contribution in [0.3, 0.4) is 0 Å². The van der Waals surface area contributed by atoms with Crippen molar-refractivity contribution in [1.82, 2.24) is 9.78 Å². The molecule has 0 unspecified atom stereocenters. The molecule has 0 saturated heterocycles. The predicted octanol–water partition coefficient (Wildman–Crippen LogP) is 0.348. The Hall–Kier alpha value is -1.56. The molecule has 0 radical (unpaired) electrons. The van der Waals surface area contributed by atoms with Crippen molar-refractivity contribution >= 4 is 11.6 Å². The monoisotopic (exact) mass is 238 g/mol. The average Bonchev–Trinajstić information content (AvgIpc) is 2.61. The molecule has 0 spiro atoms. The quantitative estimate of drug-likeness (QED) is 0.749.